The van der Waals surface area contributed by atoms with Crippen molar-refractivity contribution in [2.24, 2.45) is 10.1 Å². The van der Waals surface area contributed by atoms with Crippen molar-refractivity contribution in [1.82, 2.24) is 4.68 Å². The number of hydrogen-bond donors (Lipinski definition) is 0. The average Bonchev–Trinajstić information content (AvgIpc) is 3.14. The Morgan fingerprint density at radius 2 is 1.97 bits per heavy atom. The zero-order valence-electron chi connectivity index (χ0n) is 15.6. The number of nitriles is 1. The highest BCUT2D eigenvalue weighted by molar-refractivity contribution is 7.07. The Hall–Kier alpha value is -3.83. The third-order valence-corrected chi connectivity index (χ3v) is 4.76. The number of non-ortho nitro benzene ring substituents is 1. The molecule has 7 nitrogen and oxygen atoms in total. The van der Waals surface area contributed by atoms with Gasteiger partial charge < -0.3 is 0 Å². The molecule has 3 rings (SSSR count). The van der Waals surface area contributed by atoms with Crippen molar-refractivity contribution in [1.29, 1.82) is 5.26 Å². The molecule has 0 saturated carbocycles. The second-order valence-corrected chi connectivity index (χ2v) is 7.11. The Bertz CT molecular complexity index is 1180. The summed E-state index contributed by atoms with van der Waals surface area (Å²) in [5.41, 5.74) is 3.94. The molecule has 0 atom stereocenters. The molecule has 144 valence electrons. The molecule has 0 N–H and O–H groups in total. The van der Waals surface area contributed by atoms with Crippen molar-refractivity contribution in [3.8, 4) is 17.3 Å². The molecule has 3 aromatic rings. The standard InChI is InChI=1S/C21H17N5O2S/c1-15(2)12-23-21-25(24-13-17-5-3-16(11-22)4-6-17)20(14-29-21)18-7-9-19(10-8-18)26(27)28/h3-10,13-14H,1,12H2,2H3. The molecule has 0 fully saturated rings. The molecule has 0 amide bonds. The maximum atomic E-state index is 10.9. The van der Waals surface area contributed by atoms with Gasteiger partial charge in [-0.2, -0.15) is 10.4 Å². The molecule has 0 spiro atoms. The zero-order valence-corrected chi connectivity index (χ0v) is 16.5. The summed E-state index contributed by atoms with van der Waals surface area (Å²) in [5.74, 6) is 0. The number of nitro groups is 1. The van der Waals surface area contributed by atoms with Crippen LogP contribution >= 0.6 is 11.3 Å². The molecular formula is C21H17N5O2S. The van der Waals surface area contributed by atoms with Gasteiger partial charge in [0.05, 0.1) is 35.0 Å². The number of nitrogens with zero attached hydrogens (tertiary/aromatic N) is 5. The number of rotatable bonds is 6. The molecule has 0 saturated heterocycles. The van der Waals surface area contributed by atoms with Gasteiger partial charge in [0, 0.05) is 23.1 Å². The van der Waals surface area contributed by atoms with E-state index in [-0.39, 0.29) is 5.69 Å². The van der Waals surface area contributed by atoms with Crippen molar-refractivity contribution in [3.63, 3.8) is 0 Å². The molecule has 0 aliphatic heterocycles. The van der Waals surface area contributed by atoms with Gasteiger partial charge in [-0.05, 0) is 36.8 Å². The van der Waals surface area contributed by atoms with Gasteiger partial charge in [0.15, 0.2) is 0 Å². The minimum Gasteiger partial charge on any atom is -0.258 e. The normalized spacial score (nSPS) is 11.5. The van der Waals surface area contributed by atoms with Gasteiger partial charge in [-0.25, -0.2) is 4.68 Å². The Morgan fingerprint density at radius 3 is 2.55 bits per heavy atom. The average molecular weight is 403 g/mol. The fourth-order valence-electron chi connectivity index (χ4n) is 2.44. The minimum absolute atomic E-state index is 0.0313. The third kappa shape index (κ3) is 4.91. The van der Waals surface area contributed by atoms with Crippen LogP contribution in [-0.4, -0.2) is 22.4 Å². The highest BCUT2D eigenvalue weighted by Gasteiger charge is 2.10. The van der Waals surface area contributed by atoms with Crippen LogP contribution < -0.4 is 4.80 Å². The molecule has 1 heterocycles. The summed E-state index contributed by atoms with van der Waals surface area (Å²) >= 11 is 1.43. The van der Waals surface area contributed by atoms with Crippen molar-refractivity contribution in [2.75, 3.05) is 6.54 Å². The Balaban J connectivity index is 2.03. The van der Waals surface area contributed by atoms with Crippen LogP contribution in [0, 0.1) is 21.4 Å². The van der Waals surface area contributed by atoms with Crippen LogP contribution in [0.1, 0.15) is 18.1 Å². The van der Waals surface area contributed by atoms with E-state index < -0.39 is 4.92 Å². The van der Waals surface area contributed by atoms with E-state index in [0.717, 1.165) is 22.4 Å². The first-order chi connectivity index (χ1) is 14.0. The number of thiazole rings is 1. The van der Waals surface area contributed by atoms with E-state index >= 15 is 0 Å². The van der Waals surface area contributed by atoms with Crippen LogP contribution in [-0.2, 0) is 0 Å². The second-order valence-electron chi connectivity index (χ2n) is 6.27. The van der Waals surface area contributed by atoms with E-state index in [1.54, 1.807) is 35.2 Å². The molecule has 0 aliphatic rings. The minimum atomic E-state index is -0.428. The van der Waals surface area contributed by atoms with Crippen LogP contribution in [0.3, 0.4) is 0 Å². The highest BCUT2D eigenvalue weighted by atomic mass is 32.1. The van der Waals surface area contributed by atoms with Gasteiger partial charge in [0.2, 0.25) is 4.80 Å². The predicted molar refractivity (Wildman–Crippen MR) is 114 cm³/mol. The number of benzene rings is 2. The lowest BCUT2D eigenvalue weighted by Crippen LogP contribution is -2.13. The van der Waals surface area contributed by atoms with Gasteiger partial charge in [-0.1, -0.05) is 24.3 Å². The van der Waals surface area contributed by atoms with E-state index in [1.807, 2.05) is 24.4 Å². The van der Waals surface area contributed by atoms with Crippen molar-refractivity contribution < 1.29 is 4.92 Å². The molecule has 29 heavy (non-hydrogen) atoms. The smallest absolute Gasteiger partial charge is 0.258 e. The molecule has 2 aromatic carbocycles. The summed E-state index contributed by atoms with van der Waals surface area (Å²) in [4.78, 5) is 15.7. The van der Waals surface area contributed by atoms with Crippen LogP contribution in [0.5, 0.6) is 0 Å². The van der Waals surface area contributed by atoms with E-state index in [1.165, 1.54) is 23.5 Å². The Labute approximate surface area is 171 Å². The van der Waals surface area contributed by atoms with E-state index in [0.29, 0.717) is 16.9 Å². The van der Waals surface area contributed by atoms with E-state index in [4.69, 9.17) is 5.26 Å². The quantitative estimate of drug-likeness (QED) is 0.265. The topological polar surface area (TPSA) is 96.6 Å². The Kier molecular flexibility index (Phi) is 6.12. The maximum absolute atomic E-state index is 10.9. The highest BCUT2D eigenvalue weighted by Crippen LogP contribution is 2.23. The summed E-state index contributed by atoms with van der Waals surface area (Å²) in [6, 6.07) is 15.5. The van der Waals surface area contributed by atoms with Crippen LogP contribution in [0.2, 0.25) is 0 Å². The van der Waals surface area contributed by atoms with E-state index in [9.17, 15) is 10.1 Å². The lowest BCUT2D eigenvalue weighted by atomic mass is 10.1. The molecule has 0 aliphatic carbocycles. The lowest BCUT2D eigenvalue weighted by molar-refractivity contribution is -0.384. The number of aromatic nitrogens is 1. The van der Waals surface area contributed by atoms with Crippen molar-refractivity contribution in [2.45, 2.75) is 6.92 Å². The van der Waals surface area contributed by atoms with Crippen molar-refractivity contribution >= 4 is 23.2 Å². The van der Waals surface area contributed by atoms with Gasteiger partial charge in [-0.3, -0.25) is 15.1 Å². The van der Waals surface area contributed by atoms with Crippen LogP contribution in [0.4, 0.5) is 5.69 Å². The summed E-state index contributed by atoms with van der Waals surface area (Å²) in [6.45, 7) is 6.25. The number of hydrogen-bond acceptors (Lipinski definition) is 6. The van der Waals surface area contributed by atoms with Crippen molar-refractivity contribution in [3.05, 3.63) is 92.1 Å². The second kappa shape index (κ2) is 8.91. The fourth-order valence-corrected chi connectivity index (χ4v) is 3.28. The third-order valence-electron chi connectivity index (χ3n) is 3.91. The predicted octanol–water partition coefficient (Wildman–Crippen LogP) is 4.36. The summed E-state index contributed by atoms with van der Waals surface area (Å²) in [7, 11) is 0. The summed E-state index contributed by atoms with van der Waals surface area (Å²) in [5, 5.41) is 26.3. The van der Waals surface area contributed by atoms with E-state index in [2.05, 4.69) is 22.7 Å². The van der Waals surface area contributed by atoms with Gasteiger partial charge in [0.1, 0.15) is 0 Å². The molecule has 0 unspecified atom stereocenters. The maximum Gasteiger partial charge on any atom is 0.269 e. The van der Waals surface area contributed by atoms with Gasteiger partial charge in [0.25, 0.3) is 5.69 Å². The first-order valence-corrected chi connectivity index (χ1v) is 9.50. The molecular weight excluding hydrogens is 386 g/mol. The first kappa shape index (κ1) is 19.9. The summed E-state index contributed by atoms with van der Waals surface area (Å²) < 4.78 is 1.70. The molecule has 8 heteroatoms. The Morgan fingerprint density at radius 1 is 1.28 bits per heavy atom. The fraction of sp³-hybridized carbons (Fsp3) is 0.0952. The first-order valence-electron chi connectivity index (χ1n) is 8.62. The molecule has 0 radical (unpaired) electrons. The summed E-state index contributed by atoms with van der Waals surface area (Å²) in [6.07, 6.45) is 1.68. The monoisotopic (exact) mass is 403 g/mol. The molecule has 0 bridgehead atoms. The van der Waals surface area contributed by atoms with Crippen LogP contribution in [0.15, 0.2) is 76.2 Å². The lowest BCUT2D eigenvalue weighted by Gasteiger charge is -2.04. The van der Waals surface area contributed by atoms with Gasteiger partial charge in [-0.15, -0.1) is 11.3 Å². The SMILES string of the molecule is C=C(C)CN=c1scc(-c2ccc([N+](=O)[O-])cc2)n1N=Cc1ccc(C#N)cc1. The molecule has 1 aromatic heterocycles. The largest absolute Gasteiger partial charge is 0.269 e. The number of nitro benzene ring substituents is 1. The van der Waals surface area contributed by atoms with Crippen LogP contribution in [0.25, 0.3) is 11.3 Å². The van der Waals surface area contributed by atoms with Gasteiger partial charge >= 0.3 is 0 Å². The zero-order chi connectivity index (χ0) is 20.8.